The third-order valence-corrected chi connectivity index (χ3v) is 11.6. The maximum Gasteiger partial charge on any atom is 0.194 e. The molecule has 0 aliphatic carbocycles. The molecule has 0 aromatic heterocycles. The van der Waals surface area contributed by atoms with E-state index in [0.29, 0.717) is 24.4 Å². The lowest BCUT2D eigenvalue weighted by molar-refractivity contribution is -0.947. The number of hydrogen-bond acceptors (Lipinski definition) is 2. The van der Waals surface area contributed by atoms with Crippen molar-refractivity contribution in [3.8, 4) is 0 Å². The lowest BCUT2D eigenvalue weighted by Crippen LogP contribution is -2.61. The number of hydrogen-bond donors (Lipinski definition) is 0. The first-order valence-electron chi connectivity index (χ1n) is 18.9. The first-order chi connectivity index (χ1) is 22.1. The van der Waals surface area contributed by atoms with Gasteiger partial charge in [0.1, 0.15) is 12.1 Å². The molecule has 0 bridgehead atoms. The Kier molecular flexibility index (Phi) is 20.3. The van der Waals surface area contributed by atoms with E-state index in [0.717, 1.165) is 34.9 Å². The van der Waals surface area contributed by atoms with Gasteiger partial charge in [-0.25, -0.2) is 0 Å². The van der Waals surface area contributed by atoms with E-state index in [1.807, 2.05) is 0 Å². The minimum absolute atomic E-state index is 0. The van der Waals surface area contributed by atoms with Crippen molar-refractivity contribution in [1.82, 2.24) is 0 Å². The van der Waals surface area contributed by atoms with Crippen LogP contribution in [-0.4, -0.2) is 71.9 Å². The molecule has 2 aromatic carbocycles. The number of halogens is 2. The number of carbonyl (C=O) groups excluding carboxylic acids is 2. The fourth-order valence-corrected chi connectivity index (χ4v) is 9.24. The maximum absolute atomic E-state index is 13.2. The van der Waals surface area contributed by atoms with E-state index in [9.17, 15) is 9.59 Å². The number of rotatable bonds is 14. The summed E-state index contributed by atoms with van der Waals surface area (Å²) < 4.78 is 2.10. The molecule has 0 N–H and O–H groups in total. The summed E-state index contributed by atoms with van der Waals surface area (Å²) in [4.78, 5) is 26.4. The molecule has 2 unspecified atom stereocenters. The number of ketones is 2. The Hall–Kier alpha value is -1.28. The van der Waals surface area contributed by atoms with Gasteiger partial charge in [0.05, 0.1) is 39.3 Å². The van der Waals surface area contributed by atoms with Gasteiger partial charge in [-0.2, -0.15) is 0 Å². The molecule has 2 fully saturated rings. The third-order valence-electron chi connectivity index (χ3n) is 11.6. The van der Waals surface area contributed by atoms with Crippen LogP contribution in [0.15, 0.2) is 36.4 Å². The Morgan fingerprint density at radius 3 is 1.10 bits per heavy atom. The van der Waals surface area contributed by atoms with Crippen LogP contribution in [0.3, 0.4) is 0 Å². The number of likely N-dealkylation sites (tertiary alicyclic amines) is 2. The van der Waals surface area contributed by atoms with Gasteiger partial charge < -0.3 is 8.97 Å². The summed E-state index contributed by atoms with van der Waals surface area (Å²) in [5, 5.41) is 0. The molecule has 0 radical (unpaired) electrons. The predicted octanol–water partition coefficient (Wildman–Crippen LogP) is 10.2. The molecule has 6 heteroatoms. The van der Waals surface area contributed by atoms with Gasteiger partial charge >= 0.3 is 0 Å². The molecule has 0 saturated carbocycles. The second-order valence-corrected chi connectivity index (χ2v) is 14.8. The normalized spacial score (nSPS) is 17.8. The molecule has 2 atom stereocenters. The highest BCUT2D eigenvalue weighted by atomic mass is 127. The fraction of sp³-hybridized carbons (Fsp3) is 0.667. The van der Waals surface area contributed by atoms with Crippen LogP contribution in [0.1, 0.15) is 125 Å². The van der Waals surface area contributed by atoms with Crippen LogP contribution < -0.4 is 0 Å². The molecule has 0 amide bonds. The van der Waals surface area contributed by atoms with Crippen LogP contribution in [0.4, 0.5) is 0 Å². The van der Waals surface area contributed by atoms with Crippen molar-refractivity contribution < 1.29 is 18.6 Å². The van der Waals surface area contributed by atoms with Crippen molar-refractivity contribution >= 4 is 48.0 Å². The van der Waals surface area contributed by atoms with Gasteiger partial charge in [-0.05, 0) is 112 Å². The second-order valence-electron chi connectivity index (χ2n) is 14.8. The Labute approximate surface area is 318 Å². The molecule has 2 aliphatic rings. The SMILES string of the molecule is CCC[N+]1(C(CC)C(=O)Cc2c(C)cccc2C)CCCCC1.CCC[N+]1(C(CC)C(=O)Cc2c(C)cccc2C)CCCCC1.Cl.I. The predicted molar refractivity (Wildman–Crippen MR) is 218 cm³/mol. The molecule has 48 heavy (non-hydrogen) atoms. The van der Waals surface area contributed by atoms with Crippen molar-refractivity contribution in [1.29, 1.82) is 0 Å². The highest BCUT2D eigenvalue weighted by Crippen LogP contribution is 2.29. The molecule has 2 aromatic rings. The van der Waals surface area contributed by atoms with Gasteiger partial charge in [0, 0.05) is 25.7 Å². The summed E-state index contributed by atoms with van der Waals surface area (Å²) in [6.07, 6.45) is 13.3. The molecule has 0 spiro atoms. The fourth-order valence-electron chi connectivity index (χ4n) is 9.24. The number of aryl methyl sites for hydroxylation is 4. The number of Topliss-reactive ketones (excluding diaryl/α,β-unsaturated/α-hetero) is 2. The lowest BCUT2D eigenvalue weighted by Gasteiger charge is -2.46. The van der Waals surface area contributed by atoms with E-state index >= 15 is 0 Å². The molecular formula is C42H70ClIN2O2+2. The summed E-state index contributed by atoms with van der Waals surface area (Å²) in [6.45, 7) is 24.6. The average Bonchev–Trinajstić information content (AvgIpc) is 3.03. The minimum Gasteiger partial charge on any atom is -0.315 e. The van der Waals surface area contributed by atoms with E-state index in [4.69, 9.17) is 0 Å². The smallest absolute Gasteiger partial charge is 0.194 e. The second kappa shape index (κ2) is 21.8. The standard InChI is InChI=1S/2C21H34NO.ClH.HI/c2*1-5-13-22(14-8-7-9-15-22)20(6-2)21(23)16-19-17(3)11-10-12-18(19)4;;/h2*10-12,20H,5-9,13-16H2,1-4H3;2*1H/q2*+1;;. The molecular weight excluding hydrogens is 727 g/mol. The van der Waals surface area contributed by atoms with E-state index in [1.165, 1.54) is 111 Å². The number of quaternary nitrogens is 2. The largest absolute Gasteiger partial charge is 0.315 e. The van der Waals surface area contributed by atoms with E-state index < -0.39 is 0 Å². The van der Waals surface area contributed by atoms with Crippen molar-refractivity contribution in [3.05, 3.63) is 69.8 Å². The van der Waals surface area contributed by atoms with Crippen molar-refractivity contribution in [2.75, 3.05) is 39.3 Å². The number of nitrogens with zero attached hydrogens (tertiary/aromatic N) is 2. The summed E-state index contributed by atoms with van der Waals surface area (Å²) in [6, 6.07) is 13.1. The highest BCUT2D eigenvalue weighted by molar-refractivity contribution is 14.0. The monoisotopic (exact) mass is 796 g/mol. The van der Waals surface area contributed by atoms with Crippen molar-refractivity contribution in [2.24, 2.45) is 0 Å². The zero-order valence-corrected chi connectivity index (χ0v) is 35.0. The van der Waals surface area contributed by atoms with E-state index in [2.05, 4.69) is 91.8 Å². The number of piperidine rings is 2. The summed E-state index contributed by atoms with van der Waals surface area (Å²) in [5.41, 5.74) is 7.54. The van der Waals surface area contributed by atoms with Gasteiger partial charge in [-0.3, -0.25) is 9.59 Å². The van der Waals surface area contributed by atoms with Crippen LogP contribution in [-0.2, 0) is 22.4 Å². The minimum atomic E-state index is 0. The zero-order chi connectivity index (χ0) is 33.7. The average molecular weight is 797 g/mol. The van der Waals surface area contributed by atoms with Gasteiger partial charge in [0.15, 0.2) is 11.6 Å². The molecule has 2 aliphatic heterocycles. The van der Waals surface area contributed by atoms with Crippen LogP contribution in [0.5, 0.6) is 0 Å². The van der Waals surface area contributed by atoms with Crippen LogP contribution >= 0.6 is 36.4 Å². The van der Waals surface area contributed by atoms with Gasteiger partial charge in [-0.15, -0.1) is 36.4 Å². The topological polar surface area (TPSA) is 34.1 Å². The van der Waals surface area contributed by atoms with Gasteiger partial charge in [0.25, 0.3) is 0 Å². The summed E-state index contributed by atoms with van der Waals surface area (Å²) in [5.74, 6) is 0.917. The highest BCUT2D eigenvalue weighted by Gasteiger charge is 2.42. The van der Waals surface area contributed by atoms with Crippen LogP contribution in [0, 0.1) is 27.7 Å². The zero-order valence-electron chi connectivity index (χ0n) is 31.9. The van der Waals surface area contributed by atoms with E-state index in [-0.39, 0.29) is 48.5 Å². The maximum atomic E-state index is 13.2. The Balaban J connectivity index is 0.000000461. The van der Waals surface area contributed by atoms with Crippen LogP contribution in [0.2, 0.25) is 0 Å². The number of benzene rings is 2. The van der Waals surface area contributed by atoms with Gasteiger partial charge in [-0.1, -0.05) is 64.1 Å². The van der Waals surface area contributed by atoms with Crippen molar-refractivity contribution in [2.45, 2.75) is 145 Å². The third kappa shape index (κ3) is 11.4. The molecule has 4 nitrogen and oxygen atoms in total. The molecule has 2 heterocycles. The Morgan fingerprint density at radius 2 is 0.854 bits per heavy atom. The van der Waals surface area contributed by atoms with Crippen LogP contribution in [0.25, 0.3) is 0 Å². The van der Waals surface area contributed by atoms with E-state index in [1.54, 1.807) is 0 Å². The Morgan fingerprint density at radius 1 is 0.562 bits per heavy atom. The first-order valence-corrected chi connectivity index (χ1v) is 18.9. The molecule has 272 valence electrons. The lowest BCUT2D eigenvalue weighted by atomic mass is 9.91. The molecule has 4 rings (SSSR count). The molecule has 2 saturated heterocycles. The quantitative estimate of drug-likeness (QED) is 0.141. The summed E-state index contributed by atoms with van der Waals surface area (Å²) in [7, 11) is 0. The van der Waals surface area contributed by atoms with Crippen molar-refractivity contribution in [3.63, 3.8) is 0 Å². The number of carbonyl (C=O) groups is 2. The first kappa shape index (κ1) is 44.7. The van der Waals surface area contributed by atoms with Gasteiger partial charge in [0.2, 0.25) is 0 Å². The Bertz CT molecular complexity index is 1120. The summed E-state index contributed by atoms with van der Waals surface area (Å²) >= 11 is 0.